The highest BCUT2D eigenvalue weighted by Gasteiger charge is 2.68. The Labute approximate surface area is 345 Å². The number of rotatable bonds is 3. The second-order valence-corrected chi connectivity index (χ2v) is 19.3. The highest BCUT2D eigenvalue weighted by Crippen LogP contribution is 2.70. The van der Waals surface area contributed by atoms with Crippen LogP contribution >= 0.6 is 7.77 Å². The maximum absolute atomic E-state index is 7.27. The standard InChI is InChI=1S/C55H41NO2P/c1-2-13-35(14-3-1)58-59-51-24-11-6-17-39(51)41-29-30-44-52(54(41)59)42-28-26-33(34-25-27-38-37-16-5-10-23-49(37)57-50(38)32-34)31-46(42)55(44)43-19-7-9-22-48(43)56-47-21-8-4-15-36(47)40-18-12-20-45(55)53(40)56/h1-3,5-14,16-30,32-33,41,44-45,52-53H,4,15,31H2/q+1. The lowest BCUT2D eigenvalue weighted by molar-refractivity contribution is 0.247. The van der Waals surface area contributed by atoms with Gasteiger partial charge >= 0.3 is 7.77 Å². The average molecular weight is 779 g/mol. The van der Waals surface area contributed by atoms with Gasteiger partial charge in [0.2, 0.25) is 0 Å². The first-order valence-electron chi connectivity index (χ1n) is 21.4. The molecule has 0 N–H and O–H groups in total. The summed E-state index contributed by atoms with van der Waals surface area (Å²) in [5.74, 6) is 2.13. The topological polar surface area (TPSA) is 25.6 Å². The molecule has 59 heavy (non-hydrogen) atoms. The van der Waals surface area contributed by atoms with Gasteiger partial charge < -0.3 is 9.32 Å². The van der Waals surface area contributed by atoms with Crippen LogP contribution < -0.4 is 14.7 Å². The van der Waals surface area contributed by atoms with E-state index in [2.05, 4.69) is 181 Å². The molecule has 0 fully saturated rings. The van der Waals surface area contributed by atoms with Gasteiger partial charge in [-0.15, -0.1) is 0 Å². The quantitative estimate of drug-likeness (QED) is 0.132. The van der Waals surface area contributed by atoms with Crippen molar-refractivity contribution in [1.82, 2.24) is 0 Å². The van der Waals surface area contributed by atoms with Crippen molar-refractivity contribution in [1.29, 1.82) is 0 Å². The zero-order valence-electron chi connectivity index (χ0n) is 32.5. The van der Waals surface area contributed by atoms with Crippen LogP contribution in [0.2, 0.25) is 0 Å². The van der Waals surface area contributed by atoms with E-state index >= 15 is 0 Å². The van der Waals surface area contributed by atoms with Crippen molar-refractivity contribution in [2.75, 3.05) is 4.90 Å². The highest BCUT2D eigenvalue weighted by molar-refractivity contribution is 7.63. The zero-order valence-corrected chi connectivity index (χ0v) is 33.4. The van der Waals surface area contributed by atoms with Crippen LogP contribution in [-0.2, 0) is 5.41 Å². The van der Waals surface area contributed by atoms with Gasteiger partial charge in [-0.25, -0.2) is 0 Å². The van der Waals surface area contributed by atoms with E-state index in [1.54, 1.807) is 16.4 Å². The summed E-state index contributed by atoms with van der Waals surface area (Å²) in [6.07, 6.45) is 25.8. The van der Waals surface area contributed by atoms with Gasteiger partial charge in [-0.2, -0.15) is 0 Å². The van der Waals surface area contributed by atoms with E-state index in [0.29, 0.717) is 0 Å². The molecular weight excluding hydrogens is 738 g/mol. The molecule has 14 rings (SSSR count). The third-order valence-electron chi connectivity index (χ3n) is 15.1. The molecule has 0 amide bonds. The molecule has 5 aliphatic carbocycles. The lowest BCUT2D eigenvalue weighted by atomic mass is 9.52. The lowest BCUT2D eigenvalue weighted by Crippen LogP contribution is -2.56. The predicted octanol–water partition coefficient (Wildman–Crippen LogP) is 12.7. The van der Waals surface area contributed by atoms with Crippen molar-refractivity contribution >= 4 is 46.0 Å². The Kier molecular flexibility index (Phi) is 6.65. The minimum absolute atomic E-state index is 0.224. The molecule has 0 bridgehead atoms. The van der Waals surface area contributed by atoms with Crippen molar-refractivity contribution in [2.45, 2.75) is 42.6 Å². The molecule has 0 saturated carbocycles. The molecular formula is C55H41NO2P+. The second-order valence-electron chi connectivity index (χ2n) is 17.5. The number of fused-ring (bicyclic) bond motifs is 17. The maximum atomic E-state index is 7.27. The first kappa shape index (κ1) is 32.8. The van der Waals surface area contributed by atoms with Gasteiger partial charge in [0.15, 0.2) is 16.3 Å². The van der Waals surface area contributed by atoms with Gasteiger partial charge in [-0.3, -0.25) is 4.52 Å². The maximum Gasteiger partial charge on any atom is 0.346 e. The molecule has 4 heteroatoms. The molecule has 6 aromatic rings. The molecule has 1 aromatic heterocycles. The van der Waals surface area contributed by atoms with Crippen LogP contribution in [-0.4, -0.2) is 11.3 Å². The first-order valence-corrected chi connectivity index (χ1v) is 22.7. The summed E-state index contributed by atoms with van der Waals surface area (Å²) in [7, 11) is -1.06. The van der Waals surface area contributed by atoms with Gasteiger partial charge in [0, 0.05) is 50.9 Å². The summed E-state index contributed by atoms with van der Waals surface area (Å²) < 4.78 is 13.8. The Bertz CT molecular complexity index is 3110. The molecule has 5 aromatic carbocycles. The van der Waals surface area contributed by atoms with Gasteiger partial charge in [0.05, 0.1) is 17.9 Å². The van der Waals surface area contributed by atoms with E-state index in [4.69, 9.17) is 8.94 Å². The van der Waals surface area contributed by atoms with Crippen LogP contribution in [0.4, 0.5) is 5.69 Å². The molecule has 3 aliphatic heterocycles. The summed E-state index contributed by atoms with van der Waals surface area (Å²) in [6.45, 7) is 0. The Morgan fingerprint density at radius 2 is 1.59 bits per heavy atom. The molecule has 8 unspecified atom stereocenters. The number of hydrogen-bond acceptors (Lipinski definition) is 3. The van der Waals surface area contributed by atoms with E-state index in [1.165, 1.54) is 55.3 Å². The highest BCUT2D eigenvalue weighted by atomic mass is 31.1. The summed E-state index contributed by atoms with van der Waals surface area (Å²) in [4.78, 5) is 2.74. The van der Waals surface area contributed by atoms with Gasteiger partial charge in [0.25, 0.3) is 0 Å². The van der Waals surface area contributed by atoms with Crippen LogP contribution in [0.1, 0.15) is 47.8 Å². The number of furan rings is 1. The Morgan fingerprint density at radius 1 is 0.746 bits per heavy atom. The smallest absolute Gasteiger partial charge is 0.346 e. The molecule has 0 radical (unpaired) electrons. The number of hydrogen-bond donors (Lipinski definition) is 0. The van der Waals surface area contributed by atoms with Gasteiger partial charge in [-0.1, -0.05) is 139 Å². The monoisotopic (exact) mass is 778 g/mol. The molecule has 3 nitrogen and oxygen atoms in total. The number of benzene rings is 5. The minimum atomic E-state index is -1.06. The van der Waals surface area contributed by atoms with Gasteiger partial charge in [0.1, 0.15) is 11.2 Å². The second kappa shape index (κ2) is 12.0. The van der Waals surface area contributed by atoms with Crippen LogP contribution in [0.25, 0.3) is 21.9 Å². The molecule has 282 valence electrons. The third kappa shape index (κ3) is 4.21. The normalized spacial score (nSPS) is 29.4. The fraction of sp³-hybridized carbons (Fsp3) is 0.182. The van der Waals surface area contributed by atoms with E-state index in [-0.39, 0.29) is 41.0 Å². The van der Waals surface area contributed by atoms with Crippen molar-refractivity contribution in [3.05, 3.63) is 221 Å². The van der Waals surface area contributed by atoms with Crippen molar-refractivity contribution < 1.29 is 8.94 Å². The first-order chi connectivity index (χ1) is 29.3. The largest absolute Gasteiger partial charge is 0.456 e. The van der Waals surface area contributed by atoms with Crippen molar-refractivity contribution in [3.8, 4) is 5.75 Å². The summed E-state index contributed by atoms with van der Waals surface area (Å²) in [5, 5.41) is 5.30. The molecule has 4 heterocycles. The molecule has 1 spiro atoms. The van der Waals surface area contributed by atoms with Crippen molar-refractivity contribution in [2.24, 2.45) is 17.8 Å². The fourth-order valence-corrected chi connectivity index (χ4v) is 15.4. The van der Waals surface area contributed by atoms with E-state index in [9.17, 15) is 0 Å². The zero-order chi connectivity index (χ0) is 38.4. The van der Waals surface area contributed by atoms with Crippen LogP contribution in [0.3, 0.4) is 0 Å². The molecule has 8 aliphatic rings. The van der Waals surface area contributed by atoms with E-state index in [1.807, 2.05) is 0 Å². The molecule has 0 saturated heterocycles. The fourth-order valence-electron chi connectivity index (χ4n) is 12.9. The number of para-hydroxylation sites is 3. The van der Waals surface area contributed by atoms with E-state index in [0.717, 1.165) is 36.2 Å². The Hall–Kier alpha value is -6.15. The summed E-state index contributed by atoms with van der Waals surface area (Å²) >= 11 is 0. The molecule has 8 atom stereocenters. The SMILES string of the molecule is C1=CC2C3C(=C1)C1=C(C=CCC1)N3c1ccccc1C21C2=C(C=CC(c3ccc4c(c3)oc3ccccc34)C2)C2C3=[P+](Oc4ccccc4)c4ccccc4C3C=CC21. The Balaban J connectivity index is 1.01. The predicted molar refractivity (Wildman–Crippen MR) is 242 cm³/mol. The third-order valence-corrected chi connectivity index (χ3v) is 17.3. The minimum Gasteiger partial charge on any atom is -0.456 e. The van der Waals surface area contributed by atoms with Crippen molar-refractivity contribution in [3.63, 3.8) is 0 Å². The van der Waals surface area contributed by atoms with Crippen LogP contribution in [0.5, 0.6) is 5.75 Å². The van der Waals surface area contributed by atoms with Gasteiger partial charge in [-0.05, 0) is 89.6 Å². The Morgan fingerprint density at radius 3 is 2.56 bits per heavy atom. The van der Waals surface area contributed by atoms with E-state index < -0.39 is 7.77 Å². The lowest BCUT2D eigenvalue weighted by Gasteiger charge is -2.55. The number of nitrogens with zero attached hydrogens (tertiary/aromatic N) is 1. The summed E-state index contributed by atoms with van der Waals surface area (Å²) in [5.41, 5.74) is 14.9. The van der Waals surface area contributed by atoms with Crippen LogP contribution in [0, 0.1) is 17.8 Å². The van der Waals surface area contributed by atoms with Crippen LogP contribution in [0.15, 0.2) is 208 Å². The number of anilines is 1. The average Bonchev–Trinajstić information content (AvgIpc) is 4.02. The summed E-state index contributed by atoms with van der Waals surface area (Å²) in [6, 6.07) is 44.9. The number of allylic oxidation sites excluding steroid dienone is 10.